The zero-order chi connectivity index (χ0) is 27.8. The molecule has 5 rings (SSSR count). The average molecular weight is 548 g/mol. The fraction of sp³-hybridized carbons (Fsp3) is 0.115. The van der Waals surface area contributed by atoms with E-state index in [4.69, 9.17) is 5.73 Å². The van der Waals surface area contributed by atoms with Crippen LogP contribution in [0.4, 0.5) is 11.4 Å². The van der Waals surface area contributed by atoms with Crippen LogP contribution in [0.2, 0.25) is 0 Å². The number of thiol groups is 1. The number of carboxylic acid groups (broad SMARTS) is 1. The standard InChI is InChI=1S/C26H21N5O7S/c27-14-7-10-19-17(12-14)24(33)31(26(36)30-19)15-8-5-13(6-9-15)11-20(25(34)35)29-23(32)21-22(39(37)38)16-3-1-2-4-18(16)28-21/h1-10,12,20,22,39H,11,27H2,(H,29,32)(H,30,36)(H,34,35). The fourth-order valence-electron chi connectivity index (χ4n) is 4.46. The number of nitrogen functional groups attached to an aromatic ring is 1. The number of nitrogens with one attached hydrogen (secondary N) is 2. The molecule has 12 nitrogen and oxygen atoms in total. The molecule has 0 saturated carbocycles. The number of aliphatic imine (C=N–C) groups is 1. The number of aliphatic carboxylic acids is 1. The Labute approximate surface area is 221 Å². The van der Waals surface area contributed by atoms with E-state index in [9.17, 15) is 32.7 Å². The molecular formula is C26H21N5O7S. The number of H-pyrrole nitrogens is 1. The number of anilines is 1. The number of rotatable bonds is 7. The van der Waals surface area contributed by atoms with Gasteiger partial charge in [-0.25, -0.2) is 27.6 Å². The molecule has 0 spiro atoms. The maximum atomic E-state index is 13.0. The van der Waals surface area contributed by atoms with Crippen LogP contribution < -0.4 is 22.3 Å². The van der Waals surface area contributed by atoms with Crippen molar-refractivity contribution in [3.05, 3.63) is 98.7 Å². The molecule has 1 amide bonds. The van der Waals surface area contributed by atoms with Crippen molar-refractivity contribution in [2.75, 3.05) is 5.73 Å². The zero-order valence-corrected chi connectivity index (χ0v) is 20.9. The van der Waals surface area contributed by atoms with Crippen molar-refractivity contribution >= 4 is 50.6 Å². The maximum Gasteiger partial charge on any atom is 0.333 e. The van der Waals surface area contributed by atoms with Crippen molar-refractivity contribution in [3.8, 4) is 5.69 Å². The first-order valence-electron chi connectivity index (χ1n) is 11.6. The topological polar surface area (TPSA) is 194 Å². The number of aromatic amines is 1. The van der Waals surface area contributed by atoms with Gasteiger partial charge in [-0.05, 0) is 42.0 Å². The summed E-state index contributed by atoms with van der Waals surface area (Å²) >= 11 is 0. The zero-order valence-electron chi connectivity index (χ0n) is 20.0. The lowest BCUT2D eigenvalue weighted by atomic mass is 10.0. The Kier molecular flexibility index (Phi) is 6.58. The van der Waals surface area contributed by atoms with Crippen molar-refractivity contribution in [3.63, 3.8) is 0 Å². The Hall–Kier alpha value is -5.04. The molecule has 39 heavy (non-hydrogen) atoms. The summed E-state index contributed by atoms with van der Waals surface area (Å²) in [5.41, 5.74) is 6.33. The molecule has 1 aliphatic rings. The predicted molar refractivity (Wildman–Crippen MR) is 144 cm³/mol. The smallest absolute Gasteiger partial charge is 0.333 e. The molecule has 2 unspecified atom stereocenters. The lowest BCUT2D eigenvalue weighted by Crippen LogP contribution is -2.46. The summed E-state index contributed by atoms with van der Waals surface area (Å²) in [6.07, 6.45) is -0.157. The molecule has 0 saturated heterocycles. The molecule has 0 fully saturated rings. The van der Waals surface area contributed by atoms with E-state index < -0.39 is 45.1 Å². The van der Waals surface area contributed by atoms with Gasteiger partial charge in [-0.2, -0.15) is 0 Å². The van der Waals surface area contributed by atoms with Crippen LogP contribution >= 0.6 is 0 Å². The molecule has 0 radical (unpaired) electrons. The summed E-state index contributed by atoms with van der Waals surface area (Å²) in [6, 6.07) is 15.5. The van der Waals surface area contributed by atoms with Crippen LogP contribution in [-0.4, -0.2) is 46.7 Å². The second-order valence-corrected chi connectivity index (χ2v) is 9.94. The van der Waals surface area contributed by atoms with E-state index in [2.05, 4.69) is 15.3 Å². The third-order valence-corrected chi connectivity index (χ3v) is 7.28. The fourth-order valence-corrected chi connectivity index (χ4v) is 5.28. The summed E-state index contributed by atoms with van der Waals surface area (Å²) in [5, 5.41) is 11.0. The average Bonchev–Trinajstić information content (AvgIpc) is 3.30. The number of hydrogen-bond donors (Lipinski definition) is 5. The monoisotopic (exact) mass is 547 g/mol. The molecule has 198 valence electrons. The Morgan fingerprint density at radius 1 is 1.08 bits per heavy atom. The summed E-state index contributed by atoms with van der Waals surface area (Å²) < 4.78 is 24.7. The van der Waals surface area contributed by atoms with Crippen molar-refractivity contribution in [2.24, 2.45) is 4.99 Å². The summed E-state index contributed by atoms with van der Waals surface area (Å²) in [4.78, 5) is 57.2. The maximum absolute atomic E-state index is 13.0. The first-order valence-corrected chi connectivity index (χ1v) is 12.9. The van der Waals surface area contributed by atoms with Gasteiger partial charge >= 0.3 is 11.7 Å². The number of hydrogen-bond acceptors (Lipinski definition) is 8. The SMILES string of the molecule is Nc1ccc2[nH]c(=O)n(-c3ccc(CC(NC(=O)C4=Nc5ccccc5C4[SH](=O)=O)C(=O)O)cc3)c(=O)c2c1. The predicted octanol–water partition coefficient (Wildman–Crippen LogP) is 0.812. The van der Waals surface area contributed by atoms with Gasteiger partial charge in [0.15, 0.2) is 10.7 Å². The lowest BCUT2D eigenvalue weighted by Gasteiger charge is -2.16. The highest BCUT2D eigenvalue weighted by Crippen LogP contribution is 2.35. The molecule has 2 atom stereocenters. The number of carboxylic acids is 1. The number of para-hydroxylation sites is 1. The van der Waals surface area contributed by atoms with Gasteiger partial charge in [0.05, 0.1) is 22.3 Å². The number of amides is 1. The van der Waals surface area contributed by atoms with E-state index in [1.165, 1.54) is 36.4 Å². The lowest BCUT2D eigenvalue weighted by molar-refractivity contribution is -0.141. The first-order chi connectivity index (χ1) is 18.6. The number of carbonyl (C=O) groups excluding carboxylic acids is 1. The number of nitrogens with zero attached hydrogens (tertiary/aromatic N) is 2. The van der Waals surface area contributed by atoms with Crippen LogP contribution in [0.3, 0.4) is 0 Å². The molecule has 1 aliphatic heterocycles. The van der Waals surface area contributed by atoms with Crippen molar-refractivity contribution in [2.45, 2.75) is 17.7 Å². The van der Waals surface area contributed by atoms with E-state index in [1.807, 2.05) is 0 Å². The Bertz CT molecular complexity index is 1860. The molecular weight excluding hydrogens is 526 g/mol. The molecule has 0 bridgehead atoms. The summed E-state index contributed by atoms with van der Waals surface area (Å²) in [6.45, 7) is 0. The van der Waals surface area contributed by atoms with E-state index in [1.54, 1.807) is 30.3 Å². The molecule has 3 aromatic carbocycles. The number of fused-ring (bicyclic) bond motifs is 2. The van der Waals surface area contributed by atoms with Crippen molar-refractivity contribution in [1.29, 1.82) is 0 Å². The molecule has 13 heteroatoms. The van der Waals surface area contributed by atoms with Gasteiger partial charge in [-0.1, -0.05) is 30.3 Å². The van der Waals surface area contributed by atoms with E-state index in [0.717, 1.165) is 4.57 Å². The minimum atomic E-state index is -3.09. The van der Waals surface area contributed by atoms with Crippen LogP contribution in [0.1, 0.15) is 16.4 Å². The Balaban J connectivity index is 1.38. The number of benzene rings is 3. The molecule has 1 aromatic heterocycles. The molecule has 2 heterocycles. The Morgan fingerprint density at radius 3 is 2.49 bits per heavy atom. The number of aromatic nitrogens is 2. The normalized spacial score (nSPS) is 15.1. The van der Waals surface area contributed by atoms with Crippen LogP contribution in [0.25, 0.3) is 16.6 Å². The van der Waals surface area contributed by atoms with Crippen molar-refractivity contribution < 1.29 is 23.1 Å². The highest BCUT2D eigenvalue weighted by Gasteiger charge is 2.35. The first kappa shape index (κ1) is 25.6. The summed E-state index contributed by atoms with van der Waals surface area (Å²) in [7, 11) is -3.09. The second kappa shape index (κ2) is 10.0. The van der Waals surface area contributed by atoms with Gasteiger partial charge in [0.1, 0.15) is 17.0 Å². The van der Waals surface area contributed by atoms with Gasteiger partial charge in [-0.15, -0.1) is 0 Å². The largest absolute Gasteiger partial charge is 0.480 e. The van der Waals surface area contributed by atoms with Gasteiger partial charge in [0.25, 0.3) is 11.5 Å². The minimum absolute atomic E-state index is 0.157. The highest BCUT2D eigenvalue weighted by atomic mass is 32.2. The number of carbonyl (C=O) groups is 2. The van der Waals surface area contributed by atoms with Crippen LogP contribution in [0.5, 0.6) is 0 Å². The van der Waals surface area contributed by atoms with Gasteiger partial charge in [0.2, 0.25) is 0 Å². The number of nitrogens with two attached hydrogens (primary N) is 1. The van der Waals surface area contributed by atoms with E-state index in [-0.39, 0.29) is 23.2 Å². The molecule has 4 aromatic rings. The van der Waals surface area contributed by atoms with Gasteiger partial charge < -0.3 is 21.1 Å². The molecule has 0 aliphatic carbocycles. The van der Waals surface area contributed by atoms with Crippen LogP contribution in [0.15, 0.2) is 81.3 Å². The minimum Gasteiger partial charge on any atom is -0.480 e. The highest BCUT2D eigenvalue weighted by molar-refractivity contribution is 7.73. The molecule has 5 N–H and O–H groups in total. The van der Waals surface area contributed by atoms with Gasteiger partial charge in [-0.3, -0.25) is 9.59 Å². The van der Waals surface area contributed by atoms with E-state index in [0.29, 0.717) is 28.0 Å². The second-order valence-electron chi connectivity index (χ2n) is 8.85. The van der Waals surface area contributed by atoms with Crippen molar-refractivity contribution in [1.82, 2.24) is 14.9 Å². The van der Waals surface area contributed by atoms with Crippen LogP contribution in [-0.2, 0) is 26.7 Å². The van der Waals surface area contributed by atoms with Crippen LogP contribution in [0, 0.1) is 0 Å². The van der Waals surface area contributed by atoms with E-state index >= 15 is 0 Å². The van der Waals surface area contributed by atoms with Gasteiger partial charge in [0, 0.05) is 17.7 Å². The quantitative estimate of drug-likeness (QED) is 0.166. The third-order valence-electron chi connectivity index (χ3n) is 6.33. The Morgan fingerprint density at radius 2 is 1.79 bits per heavy atom. The summed E-state index contributed by atoms with van der Waals surface area (Å²) in [5.74, 6) is -2.25. The third kappa shape index (κ3) is 4.82.